The predicted octanol–water partition coefficient (Wildman–Crippen LogP) is 2.89. The highest BCUT2D eigenvalue weighted by Crippen LogP contribution is 2.14. The van der Waals surface area contributed by atoms with Crippen LogP contribution in [-0.2, 0) is 9.53 Å². The van der Waals surface area contributed by atoms with E-state index in [-0.39, 0.29) is 12.0 Å². The van der Waals surface area contributed by atoms with Crippen molar-refractivity contribution in [2.45, 2.75) is 19.8 Å². The maximum atomic E-state index is 11.9. The molecule has 1 aliphatic heterocycles. The Morgan fingerprint density at radius 3 is 2.52 bits per heavy atom. The van der Waals surface area contributed by atoms with Crippen LogP contribution in [0, 0.1) is 0 Å². The summed E-state index contributed by atoms with van der Waals surface area (Å²) in [5.41, 5.74) is 1.63. The van der Waals surface area contributed by atoms with Gasteiger partial charge in [0, 0.05) is 24.9 Å². The van der Waals surface area contributed by atoms with Crippen molar-refractivity contribution < 1.29 is 14.3 Å². The van der Waals surface area contributed by atoms with Gasteiger partial charge in [0.15, 0.2) is 0 Å². The van der Waals surface area contributed by atoms with E-state index in [0.717, 1.165) is 37.2 Å². The molecule has 0 aliphatic carbocycles. The summed E-state index contributed by atoms with van der Waals surface area (Å²) in [5.74, 6) is -0.357. The van der Waals surface area contributed by atoms with Gasteiger partial charge in [0.1, 0.15) is 0 Å². The van der Waals surface area contributed by atoms with Gasteiger partial charge in [0.05, 0.1) is 6.61 Å². The fourth-order valence-corrected chi connectivity index (χ4v) is 2.15. The molecule has 5 nitrogen and oxygen atoms in total. The van der Waals surface area contributed by atoms with E-state index in [1.165, 1.54) is 6.08 Å². The van der Waals surface area contributed by atoms with Crippen molar-refractivity contribution in [1.82, 2.24) is 4.90 Å². The Morgan fingerprint density at radius 2 is 1.90 bits per heavy atom. The Bertz CT molecular complexity index is 517. The third-order valence-electron chi connectivity index (χ3n) is 3.25. The second kappa shape index (κ2) is 7.47. The van der Waals surface area contributed by atoms with Gasteiger partial charge in [-0.2, -0.15) is 0 Å². The Hall–Kier alpha value is -2.30. The van der Waals surface area contributed by atoms with Gasteiger partial charge in [0.2, 0.25) is 0 Å². The van der Waals surface area contributed by atoms with Gasteiger partial charge in [-0.3, -0.25) is 0 Å². The molecule has 5 heteroatoms. The number of nitrogens with one attached hydrogen (secondary N) is 1. The van der Waals surface area contributed by atoms with Crippen molar-refractivity contribution in [2.24, 2.45) is 0 Å². The Balaban J connectivity index is 1.89. The number of nitrogens with zero attached hydrogens (tertiary/aromatic N) is 1. The Kier molecular flexibility index (Phi) is 5.37. The highest BCUT2D eigenvalue weighted by molar-refractivity contribution is 5.90. The summed E-state index contributed by atoms with van der Waals surface area (Å²) in [6.07, 6.45) is 5.22. The quantitative estimate of drug-likeness (QED) is 0.684. The summed E-state index contributed by atoms with van der Waals surface area (Å²) in [5, 5.41) is 2.87. The van der Waals surface area contributed by atoms with Gasteiger partial charge in [0.25, 0.3) is 0 Å². The normalized spacial score (nSPS) is 14.4. The number of esters is 1. The van der Waals surface area contributed by atoms with Crippen molar-refractivity contribution >= 4 is 23.8 Å². The van der Waals surface area contributed by atoms with Gasteiger partial charge in [-0.1, -0.05) is 12.1 Å². The summed E-state index contributed by atoms with van der Waals surface area (Å²) in [6, 6.07) is 7.27. The van der Waals surface area contributed by atoms with Crippen molar-refractivity contribution in [2.75, 3.05) is 25.0 Å². The van der Waals surface area contributed by atoms with Crippen molar-refractivity contribution in [3.8, 4) is 0 Å². The number of rotatable bonds is 4. The van der Waals surface area contributed by atoms with Crippen LogP contribution in [0.5, 0.6) is 0 Å². The fraction of sp³-hybridized carbons (Fsp3) is 0.375. The fourth-order valence-electron chi connectivity index (χ4n) is 2.15. The molecule has 0 bridgehead atoms. The molecule has 1 heterocycles. The van der Waals surface area contributed by atoms with Gasteiger partial charge in [-0.25, -0.2) is 9.59 Å². The molecule has 1 aromatic carbocycles. The maximum Gasteiger partial charge on any atom is 0.330 e. The van der Waals surface area contributed by atoms with Crippen molar-refractivity contribution in [3.05, 3.63) is 35.9 Å². The van der Waals surface area contributed by atoms with Crippen molar-refractivity contribution in [3.63, 3.8) is 0 Å². The predicted molar refractivity (Wildman–Crippen MR) is 81.9 cm³/mol. The van der Waals surface area contributed by atoms with Crippen LogP contribution in [0.15, 0.2) is 30.3 Å². The standard InChI is InChI=1S/C16H20N2O3/c1-2-21-15(19)10-7-13-5-8-14(9-6-13)17-16(20)18-11-3-4-12-18/h5-10H,2-4,11-12H2,1H3,(H,17,20)/b10-7+. The highest BCUT2D eigenvalue weighted by Gasteiger charge is 2.17. The van der Waals surface area contributed by atoms with Gasteiger partial charge in [-0.15, -0.1) is 0 Å². The second-order valence-electron chi connectivity index (χ2n) is 4.83. The number of amides is 2. The van der Waals surface area contributed by atoms with Crippen LogP contribution in [0.1, 0.15) is 25.3 Å². The van der Waals surface area contributed by atoms with Crippen LogP contribution >= 0.6 is 0 Å². The molecule has 2 rings (SSSR count). The lowest BCUT2D eigenvalue weighted by Crippen LogP contribution is -2.32. The number of carbonyl (C=O) groups excluding carboxylic acids is 2. The molecule has 0 unspecified atom stereocenters. The van der Waals surface area contributed by atoms with Crippen LogP contribution in [-0.4, -0.2) is 36.6 Å². The molecule has 0 atom stereocenters. The van der Waals surface area contributed by atoms with E-state index in [9.17, 15) is 9.59 Å². The number of urea groups is 1. The van der Waals surface area contributed by atoms with E-state index in [0.29, 0.717) is 6.61 Å². The zero-order valence-electron chi connectivity index (χ0n) is 12.2. The van der Waals surface area contributed by atoms with E-state index >= 15 is 0 Å². The van der Waals surface area contributed by atoms with Gasteiger partial charge >= 0.3 is 12.0 Å². The minimum Gasteiger partial charge on any atom is -0.463 e. The summed E-state index contributed by atoms with van der Waals surface area (Å²) < 4.78 is 4.81. The number of hydrogen-bond acceptors (Lipinski definition) is 3. The van der Waals surface area contributed by atoms with E-state index in [2.05, 4.69) is 5.32 Å². The van der Waals surface area contributed by atoms with E-state index in [1.807, 2.05) is 29.2 Å². The molecule has 0 aromatic heterocycles. The summed E-state index contributed by atoms with van der Waals surface area (Å²) in [6.45, 7) is 3.78. The number of ether oxygens (including phenoxy) is 1. The maximum absolute atomic E-state index is 11.9. The van der Waals surface area contributed by atoms with Crippen molar-refractivity contribution in [1.29, 1.82) is 0 Å². The van der Waals surface area contributed by atoms with E-state index in [1.54, 1.807) is 13.0 Å². The third-order valence-corrected chi connectivity index (χ3v) is 3.25. The molecular weight excluding hydrogens is 268 g/mol. The average molecular weight is 288 g/mol. The minimum atomic E-state index is -0.357. The van der Waals surface area contributed by atoms with Crippen LogP contribution in [0.25, 0.3) is 6.08 Å². The van der Waals surface area contributed by atoms with Crippen LogP contribution in [0.4, 0.5) is 10.5 Å². The first-order valence-electron chi connectivity index (χ1n) is 7.20. The molecule has 1 fully saturated rings. The monoisotopic (exact) mass is 288 g/mol. The Morgan fingerprint density at radius 1 is 1.24 bits per heavy atom. The highest BCUT2D eigenvalue weighted by atomic mass is 16.5. The zero-order chi connectivity index (χ0) is 15.1. The topological polar surface area (TPSA) is 58.6 Å². The largest absolute Gasteiger partial charge is 0.463 e. The Labute approximate surface area is 124 Å². The molecule has 112 valence electrons. The van der Waals surface area contributed by atoms with Crippen LogP contribution in [0.2, 0.25) is 0 Å². The molecule has 2 amide bonds. The second-order valence-corrected chi connectivity index (χ2v) is 4.83. The molecule has 21 heavy (non-hydrogen) atoms. The lowest BCUT2D eigenvalue weighted by Gasteiger charge is -2.16. The first-order valence-corrected chi connectivity index (χ1v) is 7.20. The summed E-state index contributed by atoms with van der Waals surface area (Å²) >= 11 is 0. The molecule has 1 saturated heterocycles. The first kappa shape index (κ1) is 15.1. The third kappa shape index (κ3) is 4.63. The lowest BCUT2D eigenvalue weighted by molar-refractivity contribution is -0.137. The molecule has 1 aromatic rings. The molecule has 0 radical (unpaired) electrons. The molecule has 1 aliphatic rings. The molecule has 0 saturated carbocycles. The minimum absolute atomic E-state index is 0.0534. The van der Waals surface area contributed by atoms with Crippen LogP contribution in [0.3, 0.4) is 0 Å². The number of carbonyl (C=O) groups is 2. The first-order chi connectivity index (χ1) is 10.2. The SMILES string of the molecule is CCOC(=O)/C=C/c1ccc(NC(=O)N2CCCC2)cc1. The number of hydrogen-bond donors (Lipinski definition) is 1. The lowest BCUT2D eigenvalue weighted by atomic mass is 10.2. The smallest absolute Gasteiger partial charge is 0.330 e. The van der Waals surface area contributed by atoms with Gasteiger partial charge < -0.3 is 15.0 Å². The number of anilines is 1. The molecular formula is C16H20N2O3. The van der Waals surface area contributed by atoms with Crippen LogP contribution < -0.4 is 5.32 Å². The van der Waals surface area contributed by atoms with E-state index < -0.39 is 0 Å². The summed E-state index contributed by atoms with van der Waals surface area (Å²) in [4.78, 5) is 24.9. The summed E-state index contributed by atoms with van der Waals surface area (Å²) in [7, 11) is 0. The average Bonchev–Trinajstić information content (AvgIpc) is 3.01. The van der Waals surface area contributed by atoms with Gasteiger partial charge in [-0.05, 0) is 43.5 Å². The number of benzene rings is 1. The number of likely N-dealkylation sites (tertiary alicyclic amines) is 1. The van der Waals surface area contributed by atoms with E-state index in [4.69, 9.17) is 4.74 Å². The molecule has 0 spiro atoms. The molecule has 1 N–H and O–H groups in total. The zero-order valence-corrected chi connectivity index (χ0v) is 12.2.